The maximum atomic E-state index is 6.03. The molecule has 0 aromatic carbocycles. The lowest BCUT2D eigenvalue weighted by Gasteiger charge is -2.36. The minimum atomic E-state index is -1.81. The molecule has 17 heavy (non-hydrogen) atoms. The molecule has 6 heteroatoms. The Labute approximate surface area is 114 Å². The lowest BCUT2D eigenvalue weighted by molar-refractivity contribution is 0.275. The first-order valence-corrected chi connectivity index (χ1v) is 9.10. The minimum Gasteiger partial charge on any atom is -0.412 e. The maximum absolute atomic E-state index is 6.03. The maximum Gasteiger partial charge on any atom is 0.192 e. The van der Waals surface area contributed by atoms with Crippen molar-refractivity contribution in [2.75, 3.05) is 0 Å². The summed E-state index contributed by atoms with van der Waals surface area (Å²) >= 11 is 11.9. The van der Waals surface area contributed by atoms with Gasteiger partial charge in [-0.3, -0.25) is 0 Å². The van der Waals surface area contributed by atoms with Gasteiger partial charge in [0.25, 0.3) is 0 Å². The number of hydrogen-bond donors (Lipinski definition) is 0. The molecule has 3 nitrogen and oxygen atoms in total. The second-order valence-electron chi connectivity index (χ2n) is 5.48. The molecule has 1 rings (SSSR count). The van der Waals surface area contributed by atoms with Gasteiger partial charge in [-0.25, -0.2) is 9.97 Å². The normalized spacial score (nSPS) is 12.9. The predicted molar refractivity (Wildman–Crippen MR) is 74.0 cm³/mol. The van der Waals surface area contributed by atoms with Crippen LogP contribution in [0.4, 0.5) is 0 Å². The van der Waals surface area contributed by atoms with E-state index in [2.05, 4.69) is 43.8 Å². The van der Waals surface area contributed by atoms with Gasteiger partial charge in [-0.05, 0) is 18.1 Å². The van der Waals surface area contributed by atoms with Gasteiger partial charge in [0, 0.05) is 0 Å². The van der Waals surface area contributed by atoms with E-state index in [0.717, 1.165) is 0 Å². The zero-order chi connectivity index (χ0) is 13.3. The van der Waals surface area contributed by atoms with Crippen molar-refractivity contribution in [3.8, 4) is 0 Å². The van der Waals surface area contributed by atoms with Gasteiger partial charge in [0.2, 0.25) is 0 Å². The third-order valence-electron chi connectivity index (χ3n) is 3.22. The van der Waals surface area contributed by atoms with Gasteiger partial charge in [0.05, 0.1) is 12.2 Å². The molecule has 0 aliphatic carbocycles. The predicted octanol–water partition coefficient (Wildman–Crippen LogP) is 4.31. The molecule has 1 aromatic rings. The van der Waals surface area contributed by atoms with Crippen LogP contribution < -0.4 is 0 Å². The van der Waals surface area contributed by atoms with E-state index in [1.54, 1.807) is 0 Å². The highest BCUT2D eigenvalue weighted by atomic mass is 35.5. The molecule has 0 N–H and O–H groups in total. The van der Waals surface area contributed by atoms with E-state index in [-0.39, 0.29) is 5.04 Å². The number of halogens is 2. The third kappa shape index (κ3) is 3.65. The van der Waals surface area contributed by atoms with Crippen LogP contribution in [0, 0.1) is 0 Å². The molecule has 0 aliphatic rings. The van der Waals surface area contributed by atoms with Crippen molar-refractivity contribution < 1.29 is 4.43 Å². The Morgan fingerprint density at radius 2 is 1.65 bits per heavy atom. The molecule has 0 saturated carbocycles. The van der Waals surface area contributed by atoms with Crippen LogP contribution in [0.25, 0.3) is 0 Å². The molecule has 0 unspecified atom stereocenters. The summed E-state index contributed by atoms with van der Waals surface area (Å²) in [6.07, 6.45) is 1.35. The first-order chi connectivity index (χ1) is 7.65. The van der Waals surface area contributed by atoms with Crippen LogP contribution in [-0.2, 0) is 11.0 Å². The summed E-state index contributed by atoms with van der Waals surface area (Å²) in [7, 11) is -1.81. The fraction of sp³-hybridized carbons (Fsp3) is 0.636. The van der Waals surface area contributed by atoms with E-state index in [1.165, 1.54) is 6.33 Å². The highest BCUT2D eigenvalue weighted by molar-refractivity contribution is 6.74. The van der Waals surface area contributed by atoms with Gasteiger partial charge in [-0.15, -0.1) is 0 Å². The van der Waals surface area contributed by atoms with Crippen molar-refractivity contribution in [3.05, 3.63) is 22.2 Å². The fourth-order valence-electron chi connectivity index (χ4n) is 0.959. The van der Waals surface area contributed by atoms with Crippen molar-refractivity contribution >= 4 is 31.5 Å². The van der Waals surface area contributed by atoms with Crippen molar-refractivity contribution in [1.29, 1.82) is 0 Å². The molecular weight excluding hydrogens is 275 g/mol. The third-order valence-corrected chi connectivity index (χ3v) is 8.35. The van der Waals surface area contributed by atoms with Crippen molar-refractivity contribution in [2.24, 2.45) is 0 Å². The van der Waals surface area contributed by atoms with Crippen LogP contribution in [0.15, 0.2) is 6.33 Å². The first-order valence-electron chi connectivity index (χ1n) is 5.44. The molecule has 0 fully saturated rings. The van der Waals surface area contributed by atoms with Gasteiger partial charge < -0.3 is 4.43 Å². The van der Waals surface area contributed by atoms with Gasteiger partial charge in [-0.2, -0.15) is 0 Å². The molecule has 0 radical (unpaired) electrons. The van der Waals surface area contributed by atoms with Crippen molar-refractivity contribution in [3.63, 3.8) is 0 Å². The van der Waals surface area contributed by atoms with Crippen LogP contribution >= 0.6 is 23.2 Å². The summed E-state index contributed by atoms with van der Waals surface area (Å²) in [5.41, 5.74) is 0.667. The Morgan fingerprint density at radius 3 is 2.06 bits per heavy atom. The largest absolute Gasteiger partial charge is 0.412 e. The highest BCUT2D eigenvalue weighted by Crippen LogP contribution is 2.37. The van der Waals surface area contributed by atoms with E-state index >= 15 is 0 Å². The molecule has 0 amide bonds. The number of aromatic nitrogens is 2. The Morgan fingerprint density at radius 1 is 1.18 bits per heavy atom. The van der Waals surface area contributed by atoms with Gasteiger partial charge in [-0.1, -0.05) is 44.0 Å². The second-order valence-corrected chi connectivity index (χ2v) is 11.0. The van der Waals surface area contributed by atoms with E-state index in [4.69, 9.17) is 27.6 Å². The lowest BCUT2D eigenvalue weighted by atomic mass is 10.2. The van der Waals surface area contributed by atoms with Crippen molar-refractivity contribution in [2.45, 2.75) is 45.5 Å². The smallest absolute Gasteiger partial charge is 0.192 e. The van der Waals surface area contributed by atoms with Gasteiger partial charge in [0.15, 0.2) is 8.32 Å². The summed E-state index contributed by atoms with van der Waals surface area (Å²) in [6, 6.07) is 0. The van der Waals surface area contributed by atoms with Gasteiger partial charge >= 0.3 is 0 Å². The molecular formula is C11H18Cl2N2OSi. The Kier molecular flexibility index (Phi) is 4.58. The van der Waals surface area contributed by atoms with Crippen LogP contribution in [0.1, 0.15) is 26.3 Å². The molecule has 96 valence electrons. The van der Waals surface area contributed by atoms with Crippen LogP contribution in [0.5, 0.6) is 0 Å². The van der Waals surface area contributed by atoms with Crippen LogP contribution in [0.3, 0.4) is 0 Å². The van der Waals surface area contributed by atoms with E-state index < -0.39 is 8.32 Å². The molecule has 0 bridgehead atoms. The van der Waals surface area contributed by atoms with E-state index in [9.17, 15) is 0 Å². The standard InChI is InChI=1S/C11H18Cl2N2OSi/c1-11(2,3)17(4,5)16-6-8-9(12)14-7-15-10(8)13/h7H,6H2,1-5H3. The topological polar surface area (TPSA) is 35.0 Å². The summed E-state index contributed by atoms with van der Waals surface area (Å²) < 4.78 is 6.03. The minimum absolute atomic E-state index is 0.154. The lowest BCUT2D eigenvalue weighted by Crippen LogP contribution is -2.40. The summed E-state index contributed by atoms with van der Waals surface area (Å²) in [4.78, 5) is 7.82. The molecule has 0 saturated heterocycles. The number of rotatable bonds is 3. The highest BCUT2D eigenvalue weighted by Gasteiger charge is 2.37. The monoisotopic (exact) mass is 292 g/mol. The van der Waals surface area contributed by atoms with Crippen LogP contribution in [-0.4, -0.2) is 18.3 Å². The molecule has 1 heterocycles. The van der Waals surface area contributed by atoms with E-state index in [0.29, 0.717) is 22.5 Å². The number of hydrogen-bond acceptors (Lipinski definition) is 3. The average molecular weight is 293 g/mol. The average Bonchev–Trinajstić information content (AvgIpc) is 2.15. The Balaban J connectivity index is 2.81. The molecule has 0 spiro atoms. The summed E-state index contributed by atoms with van der Waals surface area (Å²) in [6.45, 7) is 11.3. The number of nitrogens with zero attached hydrogens (tertiary/aromatic N) is 2. The second kappa shape index (κ2) is 5.22. The van der Waals surface area contributed by atoms with Crippen molar-refractivity contribution in [1.82, 2.24) is 9.97 Å². The first kappa shape index (κ1) is 14.9. The van der Waals surface area contributed by atoms with E-state index in [1.807, 2.05) is 0 Å². The molecule has 1 aromatic heterocycles. The molecule has 0 aliphatic heterocycles. The van der Waals surface area contributed by atoms with Gasteiger partial charge in [0.1, 0.15) is 16.6 Å². The zero-order valence-corrected chi connectivity index (χ0v) is 13.4. The summed E-state index contributed by atoms with van der Waals surface area (Å²) in [5.74, 6) is 0. The quantitative estimate of drug-likeness (QED) is 0.615. The SMILES string of the molecule is CC(C)(C)[Si](C)(C)OCc1c(Cl)ncnc1Cl. The Bertz CT molecular complexity index is 385. The zero-order valence-electron chi connectivity index (χ0n) is 10.8. The Hall–Kier alpha value is -0.163. The molecule has 0 atom stereocenters. The fourth-order valence-corrected chi connectivity index (χ4v) is 2.32. The van der Waals surface area contributed by atoms with Crippen LogP contribution in [0.2, 0.25) is 28.4 Å². The summed E-state index contributed by atoms with van der Waals surface area (Å²) in [5, 5.41) is 0.883.